The highest BCUT2D eigenvalue weighted by atomic mass is 32.1. The van der Waals surface area contributed by atoms with E-state index in [2.05, 4.69) is 30.5 Å². The molecule has 0 aliphatic rings. The number of nitrogens with two attached hydrogens (primary N) is 1. The van der Waals surface area contributed by atoms with Crippen molar-refractivity contribution in [1.82, 2.24) is 0 Å². The number of hydrogen-bond acceptors (Lipinski definition) is 2. The molecule has 0 aliphatic carbocycles. The Hall–Kier alpha value is -0.860. The molecule has 13 heavy (non-hydrogen) atoms. The van der Waals surface area contributed by atoms with Crippen LogP contribution in [-0.4, -0.2) is 6.54 Å². The molecule has 1 aromatic heterocycles. The number of fused-ring (bicyclic) bond motifs is 1. The van der Waals surface area contributed by atoms with Crippen LogP contribution in [-0.2, 0) is 6.42 Å². The molecule has 0 saturated carbocycles. The highest BCUT2D eigenvalue weighted by Crippen LogP contribution is 2.28. The zero-order valence-electron chi connectivity index (χ0n) is 7.71. The fourth-order valence-corrected chi connectivity index (χ4v) is 2.69. The first-order valence-electron chi connectivity index (χ1n) is 4.48. The van der Waals surface area contributed by atoms with Gasteiger partial charge in [-0.3, -0.25) is 0 Å². The lowest BCUT2D eigenvalue weighted by atomic mass is 10.0. The number of thiophene rings is 1. The third-order valence-corrected chi connectivity index (χ3v) is 3.35. The van der Waals surface area contributed by atoms with E-state index in [9.17, 15) is 0 Å². The van der Waals surface area contributed by atoms with Gasteiger partial charge in [0.05, 0.1) is 0 Å². The molecule has 2 N–H and O–H groups in total. The quantitative estimate of drug-likeness (QED) is 0.776. The molecule has 0 spiro atoms. The Morgan fingerprint density at radius 2 is 2.23 bits per heavy atom. The molecule has 0 amide bonds. The van der Waals surface area contributed by atoms with Gasteiger partial charge in [0.2, 0.25) is 0 Å². The smallest absolute Gasteiger partial charge is 0.0348 e. The molecular weight excluding hydrogens is 178 g/mol. The van der Waals surface area contributed by atoms with E-state index < -0.39 is 0 Å². The fourth-order valence-electron chi connectivity index (χ4n) is 1.70. The topological polar surface area (TPSA) is 26.0 Å². The maximum Gasteiger partial charge on any atom is 0.0348 e. The molecule has 0 atom stereocenters. The van der Waals surface area contributed by atoms with Crippen molar-refractivity contribution >= 4 is 21.4 Å². The van der Waals surface area contributed by atoms with E-state index in [1.54, 1.807) is 0 Å². The molecule has 0 unspecified atom stereocenters. The van der Waals surface area contributed by atoms with E-state index in [0.717, 1.165) is 13.0 Å². The van der Waals surface area contributed by atoms with Crippen molar-refractivity contribution in [3.8, 4) is 0 Å². The van der Waals surface area contributed by atoms with E-state index in [1.165, 1.54) is 21.2 Å². The van der Waals surface area contributed by atoms with Crippen LogP contribution in [0.25, 0.3) is 10.1 Å². The Kier molecular flexibility index (Phi) is 2.34. The molecule has 2 rings (SSSR count). The highest BCUT2D eigenvalue weighted by molar-refractivity contribution is 7.17. The summed E-state index contributed by atoms with van der Waals surface area (Å²) < 4.78 is 1.38. The number of rotatable bonds is 2. The highest BCUT2D eigenvalue weighted by Gasteiger charge is 2.04. The third kappa shape index (κ3) is 1.47. The summed E-state index contributed by atoms with van der Waals surface area (Å²) in [5.74, 6) is 0. The summed E-state index contributed by atoms with van der Waals surface area (Å²) in [5, 5.41) is 3.63. The van der Waals surface area contributed by atoms with Crippen molar-refractivity contribution in [3.63, 3.8) is 0 Å². The van der Waals surface area contributed by atoms with Gasteiger partial charge in [-0.25, -0.2) is 0 Å². The SMILES string of the molecule is Cc1csc2cccc(CCN)c12. The zero-order chi connectivity index (χ0) is 9.26. The average Bonchev–Trinajstić information content (AvgIpc) is 2.50. The van der Waals surface area contributed by atoms with E-state index >= 15 is 0 Å². The van der Waals surface area contributed by atoms with Crippen LogP contribution < -0.4 is 5.73 Å². The van der Waals surface area contributed by atoms with Crippen molar-refractivity contribution in [2.24, 2.45) is 5.73 Å². The van der Waals surface area contributed by atoms with Gasteiger partial charge in [-0.05, 0) is 47.8 Å². The van der Waals surface area contributed by atoms with Gasteiger partial charge in [0.15, 0.2) is 0 Å². The minimum atomic E-state index is 0.731. The monoisotopic (exact) mass is 191 g/mol. The van der Waals surface area contributed by atoms with Crippen LogP contribution in [0.1, 0.15) is 11.1 Å². The first-order valence-corrected chi connectivity index (χ1v) is 5.36. The van der Waals surface area contributed by atoms with Crippen LogP contribution >= 0.6 is 11.3 Å². The van der Waals surface area contributed by atoms with Gasteiger partial charge in [-0.2, -0.15) is 0 Å². The maximum absolute atomic E-state index is 5.57. The van der Waals surface area contributed by atoms with Gasteiger partial charge in [-0.15, -0.1) is 11.3 Å². The molecule has 2 aromatic rings. The molecule has 0 bridgehead atoms. The van der Waals surface area contributed by atoms with Crippen LogP contribution in [0.4, 0.5) is 0 Å². The second-order valence-corrected chi connectivity index (χ2v) is 4.16. The zero-order valence-corrected chi connectivity index (χ0v) is 8.53. The number of benzene rings is 1. The van der Waals surface area contributed by atoms with Gasteiger partial charge in [-0.1, -0.05) is 12.1 Å². The summed E-state index contributed by atoms with van der Waals surface area (Å²) in [5.41, 5.74) is 8.34. The van der Waals surface area contributed by atoms with Crippen LogP contribution in [0.3, 0.4) is 0 Å². The lowest BCUT2D eigenvalue weighted by molar-refractivity contribution is 0.977. The Morgan fingerprint density at radius 1 is 1.38 bits per heavy atom. The lowest BCUT2D eigenvalue weighted by Crippen LogP contribution is -2.02. The van der Waals surface area contributed by atoms with Gasteiger partial charge >= 0.3 is 0 Å². The predicted molar refractivity (Wildman–Crippen MR) is 59.3 cm³/mol. The van der Waals surface area contributed by atoms with Gasteiger partial charge in [0, 0.05) is 4.70 Å². The number of aryl methyl sites for hydroxylation is 1. The lowest BCUT2D eigenvalue weighted by Gasteiger charge is -2.01. The molecule has 1 heterocycles. The van der Waals surface area contributed by atoms with Gasteiger partial charge in [0.1, 0.15) is 0 Å². The molecule has 2 heteroatoms. The summed E-state index contributed by atoms with van der Waals surface area (Å²) in [7, 11) is 0. The minimum absolute atomic E-state index is 0.731. The van der Waals surface area contributed by atoms with Crippen LogP contribution in [0.5, 0.6) is 0 Å². The molecule has 0 radical (unpaired) electrons. The van der Waals surface area contributed by atoms with E-state index in [1.807, 2.05) is 11.3 Å². The number of hydrogen-bond donors (Lipinski definition) is 1. The minimum Gasteiger partial charge on any atom is -0.330 e. The first-order chi connectivity index (χ1) is 6.33. The average molecular weight is 191 g/mol. The van der Waals surface area contributed by atoms with E-state index in [-0.39, 0.29) is 0 Å². The Bertz CT molecular complexity index is 417. The second kappa shape index (κ2) is 3.48. The standard InChI is InChI=1S/C11H13NS/c1-8-7-13-10-4-2-3-9(5-6-12)11(8)10/h2-4,7H,5-6,12H2,1H3. The third-order valence-electron chi connectivity index (χ3n) is 2.28. The molecule has 1 nitrogen and oxygen atoms in total. The molecule has 0 fully saturated rings. The first kappa shape index (κ1) is 8.73. The Labute approximate surface area is 82.2 Å². The molecule has 68 valence electrons. The van der Waals surface area contributed by atoms with Crippen molar-refractivity contribution in [3.05, 3.63) is 34.7 Å². The summed E-state index contributed by atoms with van der Waals surface area (Å²) in [6.07, 6.45) is 0.981. The van der Waals surface area contributed by atoms with E-state index in [0.29, 0.717) is 0 Å². The summed E-state index contributed by atoms with van der Waals surface area (Å²) in [4.78, 5) is 0. The normalized spacial score (nSPS) is 10.9. The fraction of sp³-hybridized carbons (Fsp3) is 0.273. The Balaban J connectivity index is 2.65. The van der Waals surface area contributed by atoms with Crippen molar-refractivity contribution < 1.29 is 0 Å². The van der Waals surface area contributed by atoms with Crippen molar-refractivity contribution in [1.29, 1.82) is 0 Å². The molecular formula is C11H13NS. The van der Waals surface area contributed by atoms with Crippen molar-refractivity contribution in [2.45, 2.75) is 13.3 Å². The van der Waals surface area contributed by atoms with Gasteiger partial charge < -0.3 is 5.73 Å². The predicted octanol–water partition coefficient (Wildman–Crippen LogP) is 2.71. The largest absolute Gasteiger partial charge is 0.330 e. The molecule has 0 saturated heterocycles. The second-order valence-electron chi connectivity index (χ2n) is 3.25. The maximum atomic E-state index is 5.57. The van der Waals surface area contributed by atoms with Crippen molar-refractivity contribution in [2.75, 3.05) is 6.54 Å². The van der Waals surface area contributed by atoms with E-state index in [4.69, 9.17) is 5.73 Å². The summed E-state index contributed by atoms with van der Waals surface area (Å²) in [6.45, 7) is 2.90. The summed E-state index contributed by atoms with van der Waals surface area (Å²) in [6, 6.07) is 6.46. The van der Waals surface area contributed by atoms with Crippen LogP contribution in [0.2, 0.25) is 0 Å². The van der Waals surface area contributed by atoms with Crippen LogP contribution in [0, 0.1) is 6.92 Å². The molecule has 1 aromatic carbocycles. The Morgan fingerprint density at radius 3 is 3.00 bits per heavy atom. The molecule has 0 aliphatic heterocycles. The van der Waals surface area contributed by atoms with Crippen LogP contribution in [0.15, 0.2) is 23.6 Å². The van der Waals surface area contributed by atoms with Gasteiger partial charge in [0.25, 0.3) is 0 Å². The summed E-state index contributed by atoms with van der Waals surface area (Å²) >= 11 is 1.81.